The highest BCUT2D eigenvalue weighted by Gasteiger charge is 2.34. The average Bonchev–Trinajstić information content (AvgIpc) is 3.34. The molecule has 3 aromatic heterocycles. The van der Waals surface area contributed by atoms with Crippen molar-refractivity contribution < 1.29 is 18.0 Å². The van der Waals surface area contributed by atoms with Gasteiger partial charge in [0.2, 0.25) is 5.91 Å². The van der Waals surface area contributed by atoms with E-state index in [0.717, 1.165) is 6.07 Å². The van der Waals surface area contributed by atoms with Crippen LogP contribution in [0.5, 0.6) is 0 Å². The van der Waals surface area contributed by atoms with Crippen molar-refractivity contribution in [1.82, 2.24) is 24.4 Å². The lowest BCUT2D eigenvalue weighted by atomic mass is 10.1. The number of hydrogen-bond donors (Lipinski definition) is 2. The van der Waals surface area contributed by atoms with Crippen molar-refractivity contribution in [3.63, 3.8) is 0 Å². The Bertz CT molecular complexity index is 1340. The number of aromatic amines is 1. The molecule has 4 aromatic rings. The third kappa shape index (κ3) is 3.93. The normalized spacial score (nSPS) is 11.8. The molecule has 2 N–H and O–H groups in total. The van der Waals surface area contributed by atoms with Crippen molar-refractivity contribution in [2.45, 2.75) is 26.4 Å². The van der Waals surface area contributed by atoms with Crippen molar-refractivity contribution >= 4 is 17.2 Å². The van der Waals surface area contributed by atoms with E-state index in [-0.39, 0.29) is 23.4 Å². The van der Waals surface area contributed by atoms with Crippen molar-refractivity contribution in [2.24, 2.45) is 0 Å². The zero-order valence-corrected chi connectivity index (χ0v) is 16.5. The van der Waals surface area contributed by atoms with Crippen molar-refractivity contribution in [3.8, 4) is 5.69 Å². The molecule has 0 saturated carbocycles. The number of fused-ring (bicyclic) bond motifs is 1. The predicted molar refractivity (Wildman–Crippen MR) is 106 cm³/mol. The molecule has 1 amide bonds. The highest BCUT2D eigenvalue weighted by Crippen LogP contribution is 2.36. The number of hydrogen-bond acceptors (Lipinski definition) is 4. The highest BCUT2D eigenvalue weighted by molar-refractivity contribution is 5.93. The van der Waals surface area contributed by atoms with Crippen LogP contribution >= 0.6 is 0 Å². The number of nitrogens with one attached hydrogen (secondary N) is 2. The lowest BCUT2D eigenvalue weighted by Gasteiger charge is -2.16. The molecule has 0 unspecified atom stereocenters. The minimum atomic E-state index is -4.68. The molecule has 0 aliphatic heterocycles. The van der Waals surface area contributed by atoms with Gasteiger partial charge >= 0.3 is 6.18 Å². The molecule has 4 rings (SSSR count). The summed E-state index contributed by atoms with van der Waals surface area (Å²) in [5.74, 6) is -0.640. The minimum absolute atomic E-state index is 0.209. The topological polar surface area (TPSA) is 97.1 Å². The van der Waals surface area contributed by atoms with Crippen molar-refractivity contribution in [3.05, 3.63) is 75.6 Å². The number of alkyl halides is 3. The Balaban J connectivity index is 1.64. The third-order valence-corrected chi connectivity index (χ3v) is 4.89. The van der Waals surface area contributed by atoms with Crippen LogP contribution in [0.15, 0.2) is 47.5 Å². The second-order valence-corrected chi connectivity index (χ2v) is 6.98. The molecule has 0 fully saturated rings. The molecule has 0 radical (unpaired) electrons. The standard InChI is InChI=1S/C20H17F3N6O2/c1-11-14(12(2)29-17(25-11)10-19(31)27-29)9-18(30)26-16-5-4-13(28-7-3-6-24-28)8-15(16)20(21,22)23/h3-8,10H,9H2,1-2H3,(H,26,30)(H,27,31). The number of nitrogens with zero attached hydrogens (tertiary/aromatic N) is 4. The van der Waals surface area contributed by atoms with Crippen molar-refractivity contribution in [1.29, 1.82) is 0 Å². The second kappa shape index (κ2) is 7.42. The quantitative estimate of drug-likeness (QED) is 0.520. The zero-order chi connectivity index (χ0) is 22.3. The van der Waals surface area contributed by atoms with E-state index < -0.39 is 17.6 Å². The Morgan fingerprint density at radius 1 is 1.23 bits per heavy atom. The van der Waals surface area contributed by atoms with Gasteiger partial charge in [-0.25, -0.2) is 14.2 Å². The Morgan fingerprint density at radius 3 is 2.68 bits per heavy atom. The number of amides is 1. The number of aryl methyl sites for hydroxylation is 2. The Kier molecular flexibility index (Phi) is 4.88. The van der Waals surface area contributed by atoms with Gasteiger partial charge in [0.25, 0.3) is 5.56 Å². The van der Waals surface area contributed by atoms with Crippen LogP contribution in [0.3, 0.4) is 0 Å². The first-order chi connectivity index (χ1) is 14.6. The lowest BCUT2D eigenvalue weighted by Crippen LogP contribution is -2.20. The van der Waals surface area contributed by atoms with E-state index >= 15 is 0 Å². The molecule has 0 aliphatic rings. The summed E-state index contributed by atoms with van der Waals surface area (Å²) in [7, 11) is 0. The molecule has 0 spiro atoms. The molecule has 0 atom stereocenters. The summed E-state index contributed by atoms with van der Waals surface area (Å²) in [4.78, 5) is 28.5. The summed E-state index contributed by atoms with van der Waals surface area (Å²) in [6, 6.07) is 6.48. The Labute approximate surface area is 173 Å². The van der Waals surface area contributed by atoms with Gasteiger partial charge in [0.1, 0.15) is 0 Å². The summed E-state index contributed by atoms with van der Waals surface area (Å²) in [6.45, 7) is 3.37. The SMILES string of the molecule is Cc1nc2cc(=O)[nH]n2c(C)c1CC(=O)Nc1ccc(-n2cccn2)cc1C(F)(F)F. The number of aromatic nitrogens is 5. The molecule has 160 valence electrons. The van der Waals surface area contributed by atoms with E-state index in [1.807, 2.05) is 0 Å². The largest absolute Gasteiger partial charge is 0.418 e. The van der Waals surface area contributed by atoms with Crippen LogP contribution in [0.2, 0.25) is 0 Å². The number of carbonyl (C=O) groups excluding carboxylic acids is 1. The minimum Gasteiger partial charge on any atom is -0.325 e. The molecule has 31 heavy (non-hydrogen) atoms. The fraction of sp³-hybridized carbons (Fsp3) is 0.200. The van der Waals surface area contributed by atoms with Gasteiger partial charge < -0.3 is 5.32 Å². The van der Waals surface area contributed by atoms with E-state index in [9.17, 15) is 22.8 Å². The van der Waals surface area contributed by atoms with E-state index in [1.54, 1.807) is 19.9 Å². The van der Waals surface area contributed by atoms with Gasteiger partial charge in [0.05, 0.1) is 23.4 Å². The van der Waals surface area contributed by atoms with Gasteiger partial charge in [-0.15, -0.1) is 0 Å². The smallest absolute Gasteiger partial charge is 0.325 e. The molecular formula is C20H17F3N6O2. The van der Waals surface area contributed by atoms with Crippen LogP contribution in [0.1, 0.15) is 22.5 Å². The van der Waals surface area contributed by atoms with Gasteiger partial charge in [-0.3, -0.25) is 14.7 Å². The summed E-state index contributed by atoms with van der Waals surface area (Å²) in [6.07, 6.45) is -1.91. The highest BCUT2D eigenvalue weighted by atomic mass is 19.4. The van der Waals surface area contributed by atoms with Crippen LogP contribution in [-0.4, -0.2) is 30.3 Å². The fourth-order valence-electron chi connectivity index (χ4n) is 3.41. The van der Waals surface area contributed by atoms with Crippen LogP contribution in [-0.2, 0) is 17.4 Å². The Morgan fingerprint density at radius 2 is 2.00 bits per heavy atom. The molecular weight excluding hydrogens is 413 g/mol. The first-order valence-electron chi connectivity index (χ1n) is 9.22. The maximum Gasteiger partial charge on any atom is 0.418 e. The van der Waals surface area contributed by atoms with Crippen LogP contribution < -0.4 is 10.9 Å². The summed E-state index contributed by atoms with van der Waals surface area (Å²) >= 11 is 0. The molecule has 8 nitrogen and oxygen atoms in total. The fourth-order valence-corrected chi connectivity index (χ4v) is 3.41. The number of halogens is 3. The average molecular weight is 430 g/mol. The van der Waals surface area contributed by atoms with Gasteiger partial charge in [0.15, 0.2) is 5.65 Å². The zero-order valence-electron chi connectivity index (χ0n) is 16.5. The van der Waals surface area contributed by atoms with Gasteiger partial charge in [-0.1, -0.05) is 0 Å². The monoisotopic (exact) mass is 430 g/mol. The molecule has 3 heterocycles. The number of benzene rings is 1. The predicted octanol–water partition coefficient (Wildman–Crippen LogP) is 3.03. The van der Waals surface area contributed by atoms with Gasteiger partial charge in [-0.05, 0) is 38.1 Å². The maximum atomic E-state index is 13.6. The maximum absolute atomic E-state index is 13.6. The molecule has 0 aliphatic carbocycles. The van der Waals surface area contributed by atoms with E-state index in [2.05, 4.69) is 20.5 Å². The molecule has 0 saturated heterocycles. The van der Waals surface area contributed by atoms with Crippen LogP contribution in [0.4, 0.5) is 18.9 Å². The number of H-pyrrole nitrogens is 1. The molecule has 11 heteroatoms. The first-order valence-corrected chi connectivity index (χ1v) is 9.22. The summed E-state index contributed by atoms with van der Waals surface area (Å²) in [5, 5.41) is 8.85. The van der Waals surface area contributed by atoms with Crippen LogP contribution in [0.25, 0.3) is 11.3 Å². The van der Waals surface area contributed by atoms with Gasteiger partial charge in [-0.2, -0.15) is 18.3 Å². The van der Waals surface area contributed by atoms with E-state index in [0.29, 0.717) is 22.6 Å². The van der Waals surface area contributed by atoms with Crippen molar-refractivity contribution in [2.75, 3.05) is 5.32 Å². The van der Waals surface area contributed by atoms with Crippen LogP contribution in [0, 0.1) is 13.8 Å². The number of anilines is 1. The Hall–Kier alpha value is -3.89. The number of rotatable bonds is 4. The second-order valence-electron chi connectivity index (χ2n) is 6.98. The third-order valence-electron chi connectivity index (χ3n) is 4.89. The molecule has 0 bridgehead atoms. The summed E-state index contributed by atoms with van der Waals surface area (Å²) in [5.41, 5.74) is 0.535. The lowest BCUT2D eigenvalue weighted by molar-refractivity contribution is -0.137. The molecule has 1 aromatic carbocycles. The number of carbonyl (C=O) groups is 1. The van der Waals surface area contributed by atoms with E-state index in [4.69, 9.17) is 0 Å². The van der Waals surface area contributed by atoms with Gasteiger partial charge in [0, 0.05) is 35.4 Å². The summed E-state index contributed by atoms with van der Waals surface area (Å²) < 4.78 is 43.6. The van der Waals surface area contributed by atoms with E-state index in [1.165, 1.54) is 39.8 Å². The first kappa shape index (κ1) is 20.4.